The van der Waals surface area contributed by atoms with Gasteiger partial charge in [-0.3, -0.25) is 9.59 Å². The third-order valence-electron chi connectivity index (χ3n) is 12.6. The van der Waals surface area contributed by atoms with Crippen molar-refractivity contribution in [1.29, 1.82) is 0 Å². The Labute approximate surface area is 383 Å². The number of alkyl carbamates (subject to hydrolysis) is 1. The van der Waals surface area contributed by atoms with Crippen LogP contribution in [0.15, 0.2) is 36.2 Å². The number of pyridine rings is 1. The maximum absolute atomic E-state index is 14.8. The second kappa shape index (κ2) is 19.4. The first kappa shape index (κ1) is 47.3. The van der Waals surface area contributed by atoms with E-state index in [-0.39, 0.29) is 36.6 Å². The van der Waals surface area contributed by atoms with Crippen molar-refractivity contribution in [3.8, 4) is 22.9 Å². The predicted molar refractivity (Wildman–Crippen MR) is 245 cm³/mol. The summed E-state index contributed by atoms with van der Waals surface area (Å²) in [6, 6.07) is 3.26. The van der Waals surface area contributed by atoms with E-state index >= 15 is 0 Å². The van der Waals surface area contributed by atoms with E-state index in [4.69, 9.17) is 40.5 Å². The Bertz CT molecular complexity index is 2220. The molecule has 348 valence electrons. The molecule has 3 heterocycles. The number of carbonyl (C=O) groups excluding carboxylic acids is 3. The van der Waals surface area contributed by atoms with Crippen molar-refractivity contribution in [2.24, 2.45) is 23.2 Å². The van der Waals surface area contributed by atoms with Gasteiger partial charge in [0.1, 0.15) is 58.7 Å². The molecule has 2 aromatic heterocycles. The van der Waals surface area contributed by atoms with Crippen LogP contribution >= 0.6 is 22.9 Å². The Morgan fingerprint density at radius 2 is 1.80 bits per heavy atom. The monoisotopic (exact) mass is 923 g/mol. The Balaban J connectivity index is 1.18. The fraction of sp³-hybridized carbons (Fsp3) is 0.609. The molecule has 3 aliphatic carbocycles. The SMILES string of the molecule is C=C[C@@H]1CC1(NC(=O)[C@@H]1C[C@@H](Oc2cc(-c3csc(NC(C)C)n3)nc3c(Cl)c(OCCN(C)CCOCC)ccc23)CN1C(=O)[C@@H](NC(=O)O[C@@H]1C[C@@H]2C[C@@H]2C1)C(C)(C)C)C(=O)O. The van der Waals surface area contributed by atoms with Crippen LogP contribution < -0.4 is 25.4 Å². The summed E-state index contributed by atoms with van der Waals surface area (Å²) in [7, 11) is 1.99. The molecular weight excluding hydrogens is 862 g/mol. The molecule has 0 bridgehead atoms. The lowest BCUT2D eigenvalue weighted by Crippen LogP contribution is -2.59. The molecule has 7 rings (SSSR count). The molecule has 1 aromatic carbocycles. The topological polar surface area (TPSA) is 194 Å². The minimum absolute atomic E-state index is 0.0161. The van der Waals surface area contributed by atoms with E-state index in [1.165, 1.54) is 22.3 Å². The number of amides is 3. The molecule has 3 saturated carbocycles. The number of aliphatic carboxylic acids is 1. The van der Waals surface area contributed by atoms with Crippen LogP contribution in [0, 0.1) is 23.2 Å². The van der Waals surface area contributed by atoms with Gasteiger partial charge in [-0.2, -0.15) is 0 Å². The van der Waals surface area contributed by atoms with Crippen LogP contribution in [-0.2, 0) is 23.9 Å². The third kappa shape index (κ3) is 10.7. The number of hydrogen-bond donors (Lipinski definition) is 4. The number of fused-ring (bicyclic) bond motifs is 2. The van der Waals surface area contributed by atoms with Gasteiger partial charge in [0.15, 0.2) is 5.13 Å². The molecule has 4 N–H and O–H groups in total. The van der Waals surface area contributed by atoms with Crippen molar-refractivity contribution in [2.45, 2.75) is 110 Å². The molecule has 3 aromatic rings. The molecule has 1 unspecified atom stereocenters. The van der Waals surface area contributed by atoms with Gasteiger partial charge in [-0.15, -0.1) is 17.9 Å². The summed E-state index contributed by atoms with van der Waals surface area (Å²) < 4.78 is 24.2. The van der Waals surface area contributed by atoms with Gasteiger partial charge >= 0.3 is 12.1 Å². The number of likely N-dealkylation sites (tertiary alicyclic amines) is 1. The molecule has 18 heteroatoms. The number of halogens is 1. The van der Waals surface area contributed by atoms with Crippen molar-refractivity contribution in [2.75, 3.05) is 51.8 Å². The molecule has 0 spiro atoms. The number of thiazole rings is 1. The predicted octanol–water partition coefficient (Wildman–Crippen LogP) is 6.61. The van der Waals surface area contributed by atoms with Gasteiger partial charge in [-0.05, 0) is 82.9 Å². The molecule has 16 nitrogen and oxygen atoms in total. The third-order valence-corrected chi connectivity index (χ3v) is 13.7. The summed E-state index contributed by atoms with van der Waals surface area (Å²) in [5, 5.41) is 22.5. The number of carboxylic acid groups (broad SMARTS) is 1. The van der Waals surface area contributed by atoms with E-state index in [1.54, 1.807) is 12.1 Å². The number of nitrogens with zero attached hydrogens (tertiary/aromatic N) is 4. The number of benzene rings is 1. The summed E-state index contributed by atoms with van der Waals surface area (Å²) in [5.41, 5.74) is -0.871. The number of hydrogen-bond acceptors (Lipinski definition) is 13. The number of rotatable bonds is 20. The van der Waals surface area contributed by atoms with Crippen LogP contribution in [-0.4, -0.2) is 131 Å². The molecule has 64 heavy (non-hydrogen) atoms. The Hall–Kier alpha value is -4.71. The van der Waals surface area contributed by atoms with Gasteiger partial charge < -0.3 is 49.8 Å². The summed E-state index contributed by atoms with van der Waals surface area (Å²) in [6.45, 7) is 18.2. The van der Waals surface area contributed by atoms with E-state index in [0.29, 0.717) is 77.1 Å². The van der Waals surface area contributed by atoms with E-state index in [1.807, 2.05) is 60.0 Å². The summed E-state index contributed by atoms with van der Waals surface area (Å²) in [5.74, 6) is -0.826. The first-order valence-electron chi connectivity index (χ1n) is 22.3. The van der Waals surface area contributed by atoms with Crippen LogP contribution in [0.2, 0.25) is 5.02 Å². The van der Waals surface area contributed by atoms with Crippen molar-refractivity contribution >= 4 is 62.8 Å². The smallest absolute Gasteiger partial charge is 0.408 e. The lowest BCUT2D eigenvalue weighted by atomic mass is 9.85. The highest BCUT2D eigenvalue weighted by molar-refractivity contribution is 7.14. The van der Waals surface area contributed by atoms with Gasteiger partial charge in [-0.25, -0.2) is 19.6 Å². The van der Waals surface area contributed by atoms with Crippen molar-refractivity contribution in [1.82, 2.24) is 30.4 Å². The van der Waals surface area contributed by atoms with Crippen LogP contribution in [0.4, 0.5) is 9.93 Å². The highest BCUT2D eigenvalue weighted by atomic mass is 35.5. The Morgan fingerprint density at radius 1 is 1.06 bits per heavy atom. The molecule has 4 aliphatic rings. The average Bonchev–Trinajstić information content (AvgIpc) is 3.90. The van der Waals surface area contributed by atoms with Crippen LogP contribution in [0.5, 0.6) is 11.5 Å². The van der Waals surface area contributed by atoms with E-state index in [0.717, 1.165) is 25.8 Å². The molecule has 1 saturated heterocycles. The first-order chi connectivity index (χ1) is 30.4. The van der Waals surface area contributed by atoms with E-state index in [9.17, 15) is 24.3 Å². The van der Waals surface area contributed by atoms with Crippen molar-refractivity contribution in [3.63, 3.8) is 0 Å². The number of aromatic nitrogens is 2. The average molecular weight is 925 g/mol. The van der Waals surface area contributed by atoms with Gasteiger partial charge in [0.25, 0.3) is 0 Å². The maximum atomic E-state index is 14.8. The van der Waals surface area contributed by atoms with Crippen molar-refractivity contribution < 1.29 is 43.2 Å². The quantitative estimate of drug-likeness (QED) is 0.0700. The number of carbonyl (C=O) groups is 4. The highest BCUT2D eigenvalue weighted by Crippen LogP contribution is 2.52. The minimum Gasteiger partial charge on any atom is -0.491 e. The highest BCUT2D eigenvalue weighted by Gasteiger charge is 2.61. The second-order valence-electron chi connectivity index (χ2n) is 19.0. The van der Waals surface area contributed by atoms with Gasteiger partial charge in [0.2, 0.25) is 11.8 Å². The summed E-state index contributed by atoms with van der Waals surface area (Å²) in [6.07, 6.45) is 2.83. The molecule has 0 radical (unpaired) electrons. The summed E-state index contributed by atoms with van der Waals surface area (Å²) in [4.78, 5) is 68.2. The van der Waals surface area contributed by atoms with Crippen LogP contribution in [0.3, 0.4) is 0 Å². The number of carboxylic acids is 1. The van der Waals surface area contributed by atoms with Gasteiger partial charge in [0, 0.05) is 54.9 Å². The standard InChI is InChI=1S/C46H62ClN7O9S/c1-9-28-22-46(28,42(57)58)52-40(55)34-20-30(23-54(34)41(56)39(45(5,6)7)51-44(59)63-29-18-26-17-27(26)19-29)62-36-21-32(33-24-64-43(50-33)48-25(3)4)49-38-31(36)11-12-35(37(38)47)61-16-14-53(8)13-15-60-10-2/h9,11-12,21,24-30,34,39H,1,10,13-20,22-23H2,2-8H3,(H,48,50)(H,51,59)(H,52,55)(H,57,58)/t26-,27+,28-,29+,30-,34+,39-,46?/m1/s1. The maximum Gasteiger partial charge on any atom is 0.408 e. The molecule has 3 amide bonds. The lowest BCUT2D eigenvalue weighted by Gasteiger charge is -2.35. The van der Waals surface area contributed by atoms with Gasteiger partial charge in [0.05, 0.1) is 24.4 Å². The molecular formula is C46H62ClN7O9S. The zero-order chi connectivity index (χ0) is 46.1. The van der Waals surface area contributed by atoms with E-state index < -0.39 is 58.9 Å². The zero-order valence-corrected chi connectivity index (χ0v) is 39.4. The zero-order valence-electron chi connectivity index (χ0n) is 37.8. The largest absolute Gasteiger partial charge is 0.491 e. The summed E-state index contributed by atoms with van der Waals surface area (Å²) >= 11 is 8.53. The minimum atomic E-state index is -1.54. The normalized spacial score (nSPS) is 25.2. The van der Waals surface area contributed by atoms with Gasteiger partial charge in [-0.1, -0.05) is 38.4 Å². The lowest BCUT2D eigenvalue weighted by molar-refractivity contribution is -0.146. The van der Waals surface area contributed by atoms with Crippen molar-refractivity contribution in [3.05, 3.63) is 41.3 Å². The molecule has 4 fully saturated rings. The first-order valence-corrected chi connectivity index (χ1v) is 23.5. The number of likely N-dealkylation sites (N-methyl/N-ethyl adjacent to an activating group) is 1. The molecule has 8 atom stereocenters. The second-order valence-corrected chi connectivity index (χ2v) is 20.2. The Morgan fingerprint density at radius 3 is 2.45 bits per heavy atom. The van der Waals surface area contributed by atoms with Crippen LogP contribution in [0.25, 0.3) is 22.3 Å². The van der Waals surface area contributed by atoms with Crippen LogP contribution in [0.1, 0.15) is 73.6 Å². The fourth-order valence-electron chi connectivity index (χ4n) is 8.79. The Kier molecular flexibility index (Phi) is 14.3. The van der Waals surface area contributed by atoms with E-state index in [2.05, 4.69) is 27.4 Å². The number of anilines is 1. The molecule has 1 aliphatic heterocycles. The number of ether oxygens (including phenoxy) is 4. The number of nitrogens with one attached hydrogen (secondary N) is 3. The fourth-order valence-corrected chi connectivity index (χ4v) is 9.90.